The second-order valence-corrected chi connectivity index (χ2v) is 7.53. The van der Waals surface area contributed by atoms with Gasteiger partial charge in [0.1, 0.15) is 5.52 Å². The number of oxazole rings is 1. The van der Waals surface area contributed by atoms with E-state index in [4.69, 9.17) is 10.2 Å². The molecule has 1 atom stereocenters. The molecule has 5 nitrogen and oxygen atoms in total. The number of benzene rings is 1. The molecule has 0 spiro atoms. The topological polar surface area (TPSA) is 86.2 Å². The monoisotopic (exact) mass is 296 g/mol. The van der Waals surface area contributed by atoms with Crippen molar-refractivity contribution in [3.8, 4) is 0 Å². The van der Waals surface area contributed by atoms with Crippen LogP contribution in [0.5, 0.6) is 0 Å². The number of nitrogens with two attached hydrogens (primary N) is 1. The molecular weight excluding hydrogens is 276 g/mol. The Kier molecular flexibility index (Phi) is 4.15. The molecule has 110 valence electrons. The van der Waals surface area contributed by atoms with E-state index in [9.17, 15) is 8.42 Å². The van der Waals surface area contributed by atoms with Crippen LogP contribution in [-0.2, 0) is 9.84 Å². The standard InChI is InChI=1S/C14H20N2O3S/c1-9(2)6-10(8-15)14-16-12-7-11(20(3,17)18)4-5-13(12)19-14/h4-5,7,9-10H,6,8,15H2,1-3H3. The summed E-state index contributed by atoms with van der Waals surface area (Å²) in [5.41, 5.74) is 6.93. The van der Waals surface area contributed by atoms with Crippen LogP contribution in [0.1, 0.15) is 32.1 Å². The summed E-state index contributed by atoms with van der Waals surface area (Å²) >= 11 is 0. The zero-order valence-electron chi connectivity index (χ0n) is 12.0. The van der Waals surface area contributed by atoms with Crippen LogP contribution in [0.3, 0.4) is 0 Å². The molecule has 1 aromatic heterocycles. The van der Waals surface area contributed by atoms with E-state index in [-0.39, 0.29) is 10.8 Å². The van der Waals surface area contributed by atoms with Crippen LogP contribution >= 0.6 is 0 Å². The Morgan fingerprint density at radius 3 is 2.60 bits per heavy atom. The molecule has 0 saturated carbocycles. The summed E-state index contributed by atoms with van der Waals surface area (Å²) in [4.78, 5) is 4.65. The molecule has 2 N–H and O–H groups in total. The molecule has 2 aromatic rings. The van der Waals surface area contributed by atoms with Gasteiger partial charge >= 0.3 is 0 Å². The molecule has 0 aliphatic heterocycles. The normalized spacial score (nSPS) is 14.1. The number of rotatable bonds is 5. The van der Waals surface area contributed by atoms with E-state index in [2.05, 4.69) is 18.8 Å². The zero-order valence-corrected chi connectivity index (χ0v) is 12.8. The molecule has 0 aliphatic carbocycles. The first-order valence-electron chi connectivity index (χ1n) is 6.62. The van der Waals surface area contributed by atoms with Crippen LogP contribution in [0.25, 0.3) is 11.1 Å². The van der Waals surface area contributed by atoms with Gasteiger partial charge in [-0.15, -0.1) is 0 Å². The van der Waals surface area contributed by atoms with Gasteiger partial charge in [-0.2, -0.15) is 0 Å². The molecule has 1 unspecified atom stereocenters. The molecule has 0 bridgehead atoms. The first-order chi connectivity index (χ1) is 9.31. The van der Waals surface area contributed by atoms with Crippen molar-refractivity contribution in [2.45, 2.75) is 31.1 Å². The lowest BCUT2D eigenvalue weighted by molar-refractivity contribution is 0.414. The van der Waals surface area contributed by atoms with Crippen LogP contribution in [0, 0.1) is 5.92 Å². The average molecular weight is 296 g/mol. The molecule has 1 aromatic carbocycles. The van der Waals surface area contributed by atoms with E-state index in [1.165, 1.54) is 12.3 Å². The van der Waals surface area contributed by atoms with Crippen molar-refractivity contribution in [3.63, 3.8) is 0 Å². The summed E-state index contributed by atoms with van der Waals surface area (Å²) in [5, 5.41) is 0. The third kappa shape index (κ3) is 3.19. The molecule has 1 heterocycles. The fourth-order valence-corrected chi connectivity index (χ4v) is 2.84. The predicted molar refractivity (Wildman–Crippen MR) is 78.4 cm³/mol. The van der Waals surface area contributed by atoms with Crippen molar-refractivity contribution < 1.29 is 12.8 Å². The van der Waals surface area contributed by atoms with Gasteiger partial charge in [0.15, 0.2) is 21.3 Å². The third-order valence-corrected chi connectivity index (χ3v) is 4.30. The fraction of sp³-hybridized carbons (Fsp3) is 0.500. The zero-order chi connectivity index (χ0) is 14.9. The van der Waals surface area contributed by atoms with Crippen molar-refractivity contribution in [1.82, 2.24) is 4.98 Å². The Balaban J connectivity index is 2.43. The van der Waals surface area contributed by atoms with E-state index < -0.39 is 9.84 Å². The van der Waals surface area contributed by atoms with Crippen molar-refractivity contribution in [2.75, 3.05) is 12.8 Å². The minimum Gasteiger partial charge on any atom is -0.440 e. The largest absolute Gasteiger partial charge is 0.440 e. The highest BCUT2D eigenvalue weighted by atomic mass is 32.2. The maximum absolute atomic E-state index is 11.5. The van der Waals surface area contributed by atoms with Gasteiger partial charge in [0, 0.05) is 18.7 Å². The van der Waals surface area contributed by atoms with Gasteiger partial charge in [-0.05, 0) is 30.5 Å². The van der Waals surface area contributed by atoms with Crippen molar-refractivity contribution >= 4 is 20.9 Å². The lowest BCUT2D eigenvalue weighted by atomic mass is 9.97. The Bertz CT molecular complexity index is 704. The van der Waals surface area contributed by atoms with Gasteiger partial charge in [-0.25, -0.2) is 13.4 Å². The number of fused-ring (bicyclic) bond motifs is 1. The van der Waals surface area contributed by atoms with E-state index >= 15 is 0 Å². The molecule has 0 amide bonds. The Labute approximate surface area is 119 Å². The van der Waals surface area contributed by atoms with Crippen LogP contribution in [0.2, 0.25) is 0 Å². The first kappa shape index (κ1) is 15.0. The Hall–Kier alpha value is -1.40. The molecule has 6 heteroatoms. The van der Waals surface area contributed by atoms with Gasteiger partial charge in [0.2, 0.25) is 0 Å². The number of nitrogens with zero attached hydrogens (tertiary/aromatic N) is 1. The van der Waals surface area contributed by atoms with Crippen molar-refractivity contribution in [1.29, 1.82) is 0 Å². The van der Waals surface area contributed by atoms with Crippen LogP contribution in [0.4, 0.5) is 0 Å². The minimum atomic E-state index is -3.24. The lowest BCUT2D eigenvalue weighted by Gasteiger charge is -2.12. The molecular formula is C14H20N2O3S. The fourth-order valence-electron chi connectivity index (χ4n) is 2.20. The quantitative estimate of drug-likeness (QED) is 0.915. The molecule has 2 rings (SSSR count). The van der Waals surface area contributed by atoms with Gasteiger partial charge in [0.05, 0.1) is 4.90 Å². The van der Waals surface area contributed by atoms with Crippen LogP contribution in [-0.4, -0.2) is 26.2 Å². The summed E-state index contributed by atoms with van der Waals surface area (Å²) in [6.07, 6.45) is 2.07. The van der Waals surface area contributed by atoms with E-state index in [1.54, 1.807) is 12.1 Å². The number of sulfone groups is 1. The van der Waals surface area contributed by atoms with E-state index in [0.717, 1.165) is 6.42 Å². The maximum Gasteiger partial charge on any atom is 0.199 e. The number of aromatic nitrogens is 1. The van der Waals surface area contributed by atoms with Crippen LogP contribution in [0.15, 0.2) is 27.5 Å². The highest BCUT2D eigenvalue weighted by molar-refractivity contribution is 7.90. The number of hydrogen-bond acceptors (Lipinski definition) is 5. The highest BCUT2D eigenvalue weighted by Crippen LogP contribution is 2.27. The summed E-state index contributed by atoms with van der Waals surface area (Å²) in [6, 6.07) is 4.72. The van der Waals surface area contributed by atoms with E-state index in [0.29, 0.717) is 29.5 Å². The first-order valence-corrected chi connectivity index (χ1v) is 8.51. The molecule has 0 fully saturated rings. The predicted octanol–water partition coefficient (Wildman–Crippen LogP) is 2.32. The SMILES string of the molecule is CC(C)CC(CN)c1nc2cc(S(C)(=O)=O)ccc2o1. The minimum absolute atomic E-state index is 0.0593. The second kappa shape index (κ2) is 5.54. The smallest absolute Gasteiger partial charge is 0.199 e. The third-order valence-electron chi connectivity index (χ3n) is 3.19. The highest BCUT2D eigenvalue weighted by Gasteiger charge is 2.19. The van der Waals surface area contributed by atoms with Crippen molar-refractivity contribution in [2.24, 2.45) is 11.7 Å². The molecule has 0 radical (unpaired) electrons. The number of hydrogen-bond donors (Lipinski definition) is 1. The average Bonchev–Trinajstić information content (AvgIpc) is 2.76. The van der Waals surface area contributed by atoms with Crippen LogP contribution < -0.4 is 5.73 Å². The van der Waals surface area contributed by atoms with Gasteiger partial charge in [-0.3, -0.25) is 0 Å². The van der Waals surface area contributed by atoms with Gasteiger partial charge < -0.3 is 10.2 Å². The maximum atomic E-state index is 11.5. The van der Waals surface area contributed by atoms with E-state index in [1.807, 2.05) is 0 Å². The lowest BCUT2D eigenvalue weighted by Crippen LogP contribution is -2.14. The summed E-state index contributed by atoms with van der Waals surface area (Å²) in [6.45, 7) is 4.70. The molecule has 0 aliphatic rings. The molecule has 20 heavy (non-hydrogen) atoms. The molecule has 0 saturated heterocycles. The van der Waals surface area contributed by atoms with Gasteiger partial charge in [-0.1, -0.05) is 13.8 Å². The summed E-state index contributed by atoms with van der Waals surface area (Å²) in [7, 11) is -3.24. The Morgan fingerprint density at radius 2 is 2.05 bits per heavy atom. The Morgan fingerprint density at radius 1 is 1.35 bits per heavy atom. The summed E-state index contributed by atoms with van der Waals surface area (Å²) < 4.78 is 28.8. The summed E-state index contributed by atoms with van der Waals surface area (Å²) in [5.74, 6) is 1.14. The van der Waals surface area contributed by atoms with Crippen molar-refractivity contribution in [3.05, 3.63) is 24.1 Å². The second-order valence-electron chi connectivity index (χ2n) is 5.52. The van der Waals surface area contributed by atoms with Gasteiger partial charge in [0.25, 0.3) is 0 Å².